The summed E-state index contributed by atoms with van der Waals surface area (Å²) in [5, 5.41) is 0. The molecule has 158 valence electrons. The molecule has 2 heterocycles. The molecule has 0 saturated carbocycles. The normalized spacial score (nSPS) is 21.2. The van der Waals surface area contributed by atoms with Crippen LogP contribution >= 0.6 is 0 Å². The van der Waals surface area contributed by atoms with Gasteiger partial charge in [0.1, 0.15) is 12.4 Å². The number of alkyl halides is 3. The Labute approximate surface area is 170 Å². The number of morpholine rings is 1. The van der Waals surface area contributed by atoms with Crippen molar-refractivity contribution < 1.29 is 31.8 Å². The van der Waals surface area contributed by atoms with Gasteiger partial charge in [0.15, 0.2) is 0 Å². The number of benzene rings is 2. The number of amides is 1. The molecule has 0 spiro atoms. The maximum absolute atomic E-state index is 14.0. The molecular weight excluding hydrogens is 402 g/mol. The van der Waals surface area contributed by atoms with Crippen LogP contribution in [0, 0.1) is 5.82 Å². The molecule has 2 aliphatic heterocycles. The van der Waals surface area contributed by atoms with Crippen molar-refractivity contribution in [2.75, 3.05) is 13.2 Å². The Hall–Kier alpha value is -2.87. The van der Waals surface area contributed by atoms with Crippen LogP contribution in [-0.4, -0.2) is 36.3 Å². The van der Waals surface area contributed by atoms with Crippen LogP contribution in [0.3, 0.4) is 0 Å². The van der Waals surface area contributed by atoms with Gasteiger partial charge in [-0.2, -0.15) is 13.2 Å². The summed E-state index contributed by atoms with van der Waals surface area (Å²) in [6, 6.07) is 11.4. The van der Waals surface area contributed by atoms with Gasteiger partial charge in [-0.05, 0) is 29.2 Å². The molecule has 1 saturated heterocycles. The zero-order chi connectivity index (χ0) is 21.3. The number of hydrogen-bond acceptors (Lipinski definition) is 3. The standard InChI is InChI=1S/C22H19F4NO3/c23-19-8-4-7-18(20(19)22(24,25)26)15-9-16-12-29-13-17(10-15)27(16)21(28)30-11-14-5-2-1-3-6-14/h1-9,16-17H,10-13H2. The van der Waals surface area contributed by atoms with Crippen molar-refractivity contribution >= 4 is 11.7 Å². The van der Waals surface area contributed by atoms with Crippen LogP contribution in [-0.2, 0) is 22.3 Å². The van der Waals surface area contributed by atoms with Crippen LogP contribution in [0.2, 0.25) is 0 Å². The van der Waals surface area contributed by atoms with Crippen molar-refractivity contribution in [2.24, 2.45) is 0 Å². The van der Waals surface area contributed by atoms with Gasteiger partial charge in [0.2, 0.25) is 0 Å². The Morgan fingerprint density at radius 3 is 2.57 bits per heavy atom. The van der Waals surface area contributed by atoms with Gasteiger partial charge in [0.25, 0.3) is 0 Å². The zero-order valence-electron chi connectivity index (χ0n) is 15.9. The quantitative estimate of drug-likeness (QED) is 0.652. The molecule has 2 aromatic rings. The lowest BCUT2D eigenvalue weighted by molar-refractivity contribution is -0.140. The topological polar surface area (TPSA) is 38.8 Å². The van der Waals surface area contributed by atoms with Gasteiger partial charge < -0.3 is 9.47 Å². The zero-order valence-corrected chi connectivity index (χ0v) is 15.9. The third-order valence-corrected chi connectivity index (χ3v) is 5.26. The van der Waals surface area contributed by atoms with Crippen LogP contribution < -0.4 is 0 Å². The Kier molecular flexibility index (Phi) is 5.51. The van der Waals surface area contributed by atoms with Crippen LogP contribution in [0.25, 0.3) is 5.57 Å². The number of carbonyl (C=O) groups is 1. The highest BCUT2D eigenvalue weighted by Gasteiger charge is 2.42. The van der Waals surface area contributed by atoms with Gasteiger partial charge in [-0.15, -0.1) is 0 Å². The Balaban J connectivity index is 1.59. The van der Waals surface area contributed by atoms with Crippen LogP contribution in [0.15, 0.2) is 54.6 Å². The monoisotopic (exact) mass is 421 g/mol. The van der Waals surface area contributed by atoms with Crippen LogP contribution in [0.4, 0.5) is 22.4 Å². The molecule has 4 nitrogen and oxygen atoms in total. The van der Waals surface area contributed by atoms with Crippen LogP contribution in [0.1, 0.15) is 23.1 Å². The highest BCUT2D eigenvalue weighted by atomic mass is 19.4. The first-order chi connectivity index (χ1) is 14.3. The van der Waals surface area contributed by atoms with E-state index in [1.807, 2.05) is 30.3 Å². The molecule has 4 rings (SSSR count). The SMILES string of the molecule is O=C(OCc1ccccc1)N1C2C=C(c3cccc(F)c3C(F)(F)F)CC1COC2. The Morgan fingerprint density at radius 1 is 1.10 bits per heavy atom. The van der Waals surface area contributed by atoms with Crippen LogP contribution in [0.5, 0.6) is 0 Å². The predicted molar refractivity (Wildman–Crippen MR) is 101 cm³/mol. The Bertz CT molecular complexity index is 959. The molecule has 1 fully saturated rings. The van der Waals surface area contributed by atoms with Gasteiger partial charge in [-0.1, -0.05) is 48.5 Å². The van der Waals surface area contributed by atoms with E-state index >= 15 is 0 Å². The van der Waals surface area contributed by atoms with Crippen molar-refractivity contribution in [3.63, 3.8) is 0 Å². The lowest BCUT2D eigenvalue weighted by Crippen LogP contribution is -2.56. The lowest BCUT2D eigenvalue weighted by Gasteiger charge is -2.44. The van der Waals surface area contributed by atoms with E-state index in [9.17, 15) is 22.4 Å². The third-order valence-electron chi connectivity index (χ3n) is 5.26. The predicted octanol–water partition coefficient (Wildman–Crippen LogP) is 5.04. The van der Waals surface area contributed by atoms with E-state index in [4.69, 9.17) is 9.47 Å². The second-order valence-electron chi connectivity index (χ2n) is 7.26. The first kappa shape index (κ1) is 20.4. The summed E-state index contributed by atoms with van der Waals surface area (Å²) < 4.78 is 65.2. The second kappa shape index (κ2) is 8.10. The number of carbonyl (C=O) groups excluding carboxylic acids is 1. The van der Waals surface area contributed by atoms with E-state index in [1.54, 1.807) is 6.08 Å². The first-order valence-electron chi connectivity index (χ1n) is 9.48. The highest BCUT2D eigenvalue weighted by molar-refractivity contribution is 5.76. The van der Waals surface area contributed by atoms with Gasteiger partial charge in [-0.25, -0.2) is 9.18 Å². The highest BCUT2D eigenvalue weighted by Crippen LogP contribution is 2.41. The number of nitrogens with zero attached hydrogens (tertiary/aromatic N) is 1. The molecule has 2 atom stereocenters. The molecule has 30 heavy (non-hydrogen) atoms. The molecule has 2 unspecified atom stereocenters. The number of fused-ring (bicyclic) bond motifs is 2. The summed E-state index contributed by atoms with van der Waals surface area (Å²) in [5.41, 5.74) is -0.297. The summed E-state index contributed by atoms with van der Waals surface area (Å²) in [6.07, 6.45) is -3.71. The number of rotatable bonds is 3. The van der Waals surface area contributed by atoms with Gasteiger partial charge in [0, 0.05) is 0 Å². The smallest absolute Gasteiger partial charge is 0.419 e. The fourth-order valence-corrected chi connectivity index (χ4v) is 3.95. The molecule has 0 aromatic heterocycles. The molecule has 0 radical (unpaired) electrons. The van der Waals surface area contributed by atoms with E-state index < -0.39 is 35.7 Å². The molecule has 8 heteroatoms. The molecule has 0 aliphatic carbocycles. The van der Waals surface area contributed by atoms with Gasteiger partial charge >= 0.3 is 12.3 Å². The average molecular weight is 421 g/mol. The Morgan fingerprint density at radius 2 is 1.87 bits per heavy atom. The van der Waals surface area contributed by atoms with Crippen molar-refractivity contribution in [2.45, 2.75) is 31.3 Å². The molecule has 2 aromatic carbocycles. The van der Waals surface area contributed by atoms with Gasteiger partial charge in [-0.3, -0.25) is 4.90 Å². The van der Waals surface area contributed by atoms with E-state index in [0.29, 0.717) is 5.57 Å². The largest absolute Gasteiger partial charge is 0.445 e. The minimum Gasteiger partial charge on any atom is -0.445 e. The first-order valence-corrected chi connectivity index (χ1v) is 9.48. The fourth-order valence-electron chi connectivity index (χ4n) is 3.95. The van der Waals surface area contributed by atoms with E-state index in [2.05, 4.69) is 0 Å². The summed E-state index contributed by atoms with van der Waals surface area (Å²) in [7, 11) is 0. The lowest BCUT2D eigenvalue weighted by atomic mass is 9.87. The molecule has 2 bridgehead atoms. The van der Waals surface area contributed by atoms with Crippen molar-refractivity contribution in [1.82, 2.24) is 4.90 Å². The van der Waals surface area contributed by atoms with Crippen molar-refractivity contribution in [1.29, 1.82) is 0 Å². The average Bonchev–Trinajstić information content (AvgIpc) is 2.70. The summed E-state index contributed by atoms with van der Waals surface area (Å²) >= 11 is 0. The molecule has 1 amide bonds. The van der Waals surface area contributed by atoms with E-state index in [-0.39, 0.29) is 31.8 Å². The van der Waals surface area contributed by atoms with Crippen molar-refractivity contribution in [3.05, 3.63) is 77.1 Å². The fraction of sp³-hybridized carbons (Fsp3) is 0.318. The van der Waals surface area contributed by atoms with E-state index in [1.165, 1.54) is 17.0 Å². The van der Waals surface area contributed by atoms with E-state index in [0.717, 1.165) is 11.6 Å². The minimum atomic E-state index is -4.82. The number of halogens is 4. The van der Waals surface area contributed by atoms with Gasteiger partial charge in [0.05, 0.1) is 30.9 Å². The maximum atomic E-state index is 14.0. The minimum absolute atomic E-state index is 0.0924. The summed E-state index contributed by atoms with van der Waals surface area (Å²) in [4.78, 5) is 14.2. The maximum Gasteiger partial charge on any atom is 0.419 e. The molecule has 2 aliphatic rings. The summed E-state index contributed by atoms with van der Waals surface area (Å²) in [6.45, 7) is 0.400. The number of ether oxygens (including phenoxy) is 2. The second-order valence-corrected chi connectivity index (χ2v) is 7.26. The summed E-state index contributed by atoms with van der Waals surface area (Å²) in [5.74, 6) is -1.31. The van der Waals surface area contributed by atoms with Crippen molar-refractivity contribution in [3.8, 4) is 0 Å². The molecule has 0 N–H and O–H groups in total. The number of hydrogen-bond donors (Lipinski definition) is 0. The molecular formula is C22H19F4NO3. The third kappa shape index (κ3) is 4.05.